The predicted molar refractivity (Wildman–Crippen MR) is 72.8 cm³/mol. The topological polar surface area (TPSA) is 119 Å². The van der Waals surface area contributed by atoms with Gasteiger partial charge in [-0.25, -0.2) is 4.79 Å². The largest absolute Gasteiger partial charge is 0.467 e. The highest BCUT2D eigenvalue weighted by molar-refractivity contribution is 5.96. The molecule has 2 N–H and O–H groups in total. The van der Waals surface area contributed by atoms with E-state index in [2.05, 4.69) is 10.1 Å². The van der Waals surface area contributed by atoms with Gasteiger partial charge >= 0.3 is 5.97 Å². The molecule has 0 aliphatic carbocycles. The number of nitrogens with zero attached hydrogens (tertiary/aromatic N) is 1. The summed E-state index contributed by atoms with van der Waals surface area (Å²) in [6.07, 6.45) is 0. The molecule has 0 fully saturated rings. The molecule has 0 aromatic heterocycles. The Kier molecular flexibility index (Phi) is 4.98. The maximum absolute atomic E-state index is 12.0. The number of nitro groups is 1. The van der Waals surface area contributed by atoms with Gasteiger partial charge in [-0.05, 0) is 25.5 Å². The molecule has 0 aliphatic heterocycles. The molecule has 1 unspecified atom stereocenters. The Bertz CT molecular complexity index is 582. The van der Waals surface area contributed by atoms with Crippen LogP contribution in [0.1, 0.15) is 22.8 Å². The zero-order valence-corrected chi connectivity index (χ0v) is 11.9. The van der Waals surface area contributed by atoms with Crippen molar-refractivity contribution < 1.29 is 24.4 Å². The average molecular weight is 296 g/mol. The molecule has 1 amide bonds. The first kappa shape index (κ1) is 16.6. The number of hydrogen-bond acceptors (Lipinski definition) is 6. The highest BCUT2D eigenvalue weighted by Gasteiger charge is 2.32. The zero-order valence-electron chi connectivity index (χ0n) is 11.9. The summed E-state index contributed by atoms with van der Waals surface area (Å²) in [6.45, 7) is 2.43. The standard InChI is InChI=1S/C13H16N2O6/c1-8-6-9(15(19)20)4-5-10(8)11(16)14-7-13(2,18)12(17)21-3/h4-6,18H,7H2,1-3H3,(H,14,16). The molecule has 1 aromatic carbocycles. The van der Waals surface area contributed by atoms with Crippen LogP contribution in [0.3, 0.4) is 0 Å². The van der Waals surface area contributed by atoms with Crippen LogP contribution in [0, 0.1) is 17.0 Å². The molecule has 8 heteroatoms. The normalized spacial score (nSPS) is 13.1. The van der Waals surface area contributed by atoms with Gasteiger partial charge in [0.05, 0.1) is 18.6 Å². The number of benzene rings is 1. The summed E-state index contributed by atoms with van der Waals surface area (Å²) in [5, 5.41) is 22.8. The SMILES string of the molecule is COC(=O)C(C)(O)CNC(=O)c1ccc([N+](=O)[O-])cc1C. The number of esters is 1. The third-order valence-electron chi connectivity index (χ3n) is 2.88. The van der Waals surface area contributed by atoms with Gasteiger partial charge in [0.25, 0.3) is 11.6 Å². The summed E-state index contributed by atoms with van der Waals surface area (Å²) in [6, 6.07) is 3.80. The van der Waals surface area contributed by atoms with Crippen LogP contribution < -0.4 is 5.32 Å². The van der Waals surface area contributed by atoms with E-state index in [4.69, 9.17) is 0 Å². The fraction of sp³-hybridized carbons (Fsp3) is 0.385. The Morgan fingerprint density at radius 2 is 2.10 bits per heavy atom. The lowest BCUT2D eigenvalue weighted by Crippen LogP contribution is -2.47. The summed E-state index contributed by atoms with van der Waals surface area (Å²) in [5.41, 5.74) is -1.33. The van der Waals surface area contributed by atoms with Crippen LogP contribution in [-0.2, 0) is 9.53 Å². The lowest BCUT2D eigenvalue weighted by Gasteiger charge is -2.20. The summed E-state index contributed by atoms with van der Waals surface area (Å²) < 4.78 is 4.40. The molecule has 0 aliphatic rings. The van der Waals surface area contributed by atoms with Crippen molar-refractivity contribution >= 4 is 17.6 Å². The molecular weight excluding hydrogens is 280 g/mol. The Morgan fingerprint density at radius 3 is 2.57 bits per heavy atom. The fourth-order valence-corrected chi connectivity index (χ4v) is 1.66. The molecule has 1 rings (SSSR count). The number of ether oxygens (including phenoxy) is 1. The van der Waals surface area contributed by atoms with Crippen LogP contribution >= 0.6 is 0 Å². The number of carbonyl (C=O) groups is 2. The van der Waals surface area contributed by atoms with Crippen molar-refractivity contribution in [1.82, 2.24) is 5.32 Å². The highest BCUT2D eigenvalue weighted by Crippen LogP contribution is 2.17. The number of non-ortho nitro benzene ring substituents is 1. The summed E-state index contributed by atoms with van der Waals surface area (Å²) in [7, 11) is 1.12. The lowest BCUT2D eigenvalue weighted by atomic mass is 10.1. The minimum Gasteiger partial charge on any atom is -0.467 e. The second-order valence-corrected chi connectivity index (χ2v) is 4.70. The van der Waals surface area contributed by atoms with Gasteiger partial charge in [0.1, 0.15) is 0 Å². The summed E-state index contributed by atoms with van der Waals surface area (Å²) >= 11 is 0. The Balaban J connectivity index is 2.82. The van der Waals surface area contributed by atoms with Gasteiger partial charge in [-0.1, -0.05) is 0 Å². The Morgan fingerprint density at radius 1 is 1.48 bits per heavy atom. The Hall–Kier alpha value is -2.48. The van der Waals surface area contributed by atoms with E-state index in [9.17, 15) is 24.8 Å². The van der Waals surface area contributed by atoms with Gasteiger partial charge < -0.3 is 15.2 Å². The van der Waals surface area contributed by atoms with Crippen LogP contribution in [0.4, 0.5) is 5.69 Å². The molecule has 0 bridgehead atoms. The maximum Gasteiger partial charge on any atom is 0.339 e. The number of rotatable bonds is 5. The fourth-order valence-electron chi connectivity index (χ4n) is 1.66. The predicted octanol–water partition coefficient (Wildman–Crippen LogP) is 0.557. The van der Waals surface area contributed by atoms with E-state index in [1.165, 1.54) is 25.1 Å². The Labute approximate surface area is 120 Å². The number of aliphatic hydroxyl groups is 1. The van der Waals surface area contributed by atoms with Crippen molar-refractivity contribution in [1.29, 1.82) is 0 Å². The van der Waals surface area contributed by atoms with E-state index in [0.29, 0.717) is 5.56 Å². The quantitative estimate of drug-likeness (QED) is 0.465. The molecular formula is C13H16N2O6. The van der Waals surface area contributed by atoms with Crippen molar-refractivity contribution in [3.05, 3.63) is 39.4 Å². The molecule has 0 heterocycles. The molecule has 1 aromatic rings. The van der Waals surface area contributed by atoms with Gasteiger partial charge in [0.15, 0.2) is 5.60 Å². The second kappa shape index (κ2) is 6.31. The average Bonchev–Trinajstić information content (AvgIpc) is 2.43. The zero-order chi connectivity index (χ0) is 16.2. The van der Waals surface area contributed by atoms with Crippen molar-refractivity contribution in [2.75, 3.05) is 13.7 Å². The van der Waals surface area contributed by atoms with E-state index < -0.39 is 22.4 Å². The molecule has 1 atom stereocenters. The summed E-state index contributed by atoms with van der Waals surface area (Å²) in [4.78, 5) is 33.3. The number of carbonyl (C=O) groups excluding carboxylic acids is 2. The third-order valence-corrected chi connectivity index (χ3v) is 2.88. The van der Waals surface area contributed by atoms with Crippen molar-refractivity contribution in [2.45, 2.75) is 19.4 Å². The van der Waals surface area contributed by atoms with Crippen LogP contribution in [-0.4, -0.2) is 41.2 Å². The van der Waals surface area contributed by atoms with Crippen molar-refractivity contribution in [3.63, 3.8) is 0 Å². The van der Waals surface area contributed by atoms with Crippen molar-refractivity contribution in [2.24, 2.45) is 0 Å². The summed E-state index contributed by atoms with van der Waals surface area (Å²) in [5.74, 6) is -1.42. The van der Waals surface area contributed by atoms with Crippen LogP contribution in [0.2, 0.25) is 0 Å². The van der Waals surface area contributed by atoms with Gasteiger partial charge in [-0.2, -0.15) is 0 Å². The van der Waals surface area contributed by atoms with E-state index in [0.717, 1.165) is 7.11 Å². The first-order valence-electron chi connectivity index (χ1n) is 6.03. The number of hydrogen-bond donors (Lipinski definition) is 2. The van der Waals surface area contributed by atoms with E-state index in [1.807, 2.05) is 0 Å². The molecule has 21 heavy (non-hydrogen) atoms. The number of amides is 1. The van der Waals surface area contributed by atoms with Gasteiger partial charge in [-0.3, -0.25) is 14.9 Å². The first-order valence-corrected chi connectivity index (χ1v) is 6.03. The van der Waals surface area contributed by atoms with Gasteiger partial charge in [0.2, 0.25) is 0 Å². The lowest BCUT2D eigenvalue weighted by molar-refractivity contribution is -0.384. The molecule has 0 saturated heterocycles. The van der Waals surface area contributed by atoms with Gasteiger partial charge in [0, 0.05) is 17.7 Å². The second-order valence-electron chi connectivity index (χ2n) is 4.70. The number of methoxy groups -OCH3 is 1. The minimum absolute atomic E-state index is 0.120. The molecule has 8 nitrogen and oxygen atoms in total. The maximum atomic E-state index is 12.0. The van der Waals surface area contributed by atoms with Crippen LogP contribution in [0.5, 0.6) is 0 Å². The van der Waals surface area contributed by atoms with Crippen LogP contribution in [0.15, 0.2) is 18.2 Å². The van der Waals surface area contributed by atoms with Gasteiger partial charge in [-0.15, -0.1) is 0 Å². The molecule has 0 radical (unpaired) electrons. The monoisotopic (exact) mass is 296 g/mol. The first-order chi connectivity index (χ1) is 9.69. The third kappa shape index (κ3) is 3.99. The highest BCUT2D eigenvalue weighted by atomic mass is 16.6. The van der Waals surface area contributed by atoms with Crippen molar-refractivity contribution in [3.8, 4) is 0 Å². The molecule has 0 spiro atoms. The van der Waals surface area contributed by atoms with E-state index in [1.54, 1.807) is 6.92 Å². The molecule has 114 valence electrons. The molecule has 0 saturated carbocycles. The van der Waals surface area contributed by atoms with E-state index >= 15 is 0 Å². The smallest absolute Gasteiger partial charge is 0.339 e. The van der Waals surface area contributed by atoms with Crippen LogP contribution in [0.25, 0.3) is 0 Å². The van der Waals surface area contributed by atoms with E-state index in [-0.39, 0.29) is 17.8 Å². The number of nitrogens with one attached hydrogen (secondary N) is 1. The minimum atomic E-state index is -1.85. The number of aryl methyl sites for hydroxylation is 1. The number of nitro benzene ring substituents is 1.